The van der Waals surface area contributed by atoms with Gasteiger partial charge in [0.25, 0.3) is 0 Å². The van der Waals surface area contributed by atoms with Gasteiger partial charge < -0.3 is 5.32 Å². The number of thioether (sulfide) groups is 1. The number of piperazine rings is 1. The van der Waals surface area contributed by atoms with Crippen molar-refractivity contribution >= 4 is 11.8 Å². The van der Waals surface area contributed by atoms with Crippen molar-refractivity contribution in [2.75, 3.05) is 25.4 Å². The van der Waals surface area contributed by atoms with E-state index in [1.165, 1.54) is 0 Å². The highest BCUT2D eigenvalue weighted by Gasteiger charge is 2.36. The Kier molecular flexibility index (Phi) is 7.15. The summed E-state index contributed by atoms with van der Waals surface area (Å²) >= 11 is 0.101. The van der Waals surface area contributed by atoms with E-state index in [2.05, 4.69) is 31.0 Å². The van der Waals surface area contributed by atoms with Crippen molar-refractivity contribution in [2.24, 2.45) is 0 Å². The normalized spacial score (nSPS) is 24.0. The number of nitrogens with zero attached hydrogens (tertiary/aromatic N) is 1. The largest absolute Gasteiger partial charge is 0.441 e. The van der Waals surface area contributed by atoms with Gasteiger partial charge in [0.05, 0.1) is 0 Å². The first-order chi connectivity index (χ1) is 9.36. The molecule has 0 aromatic carbocycles. The van der Waals surface area contributed by atoms with Gasteiger partial charge in [-0.15, -0.1) is 0 Å². The number of rotatable bonds is 7. The second-order valence-corrected chi connectivity index (χ2v) is 6.74. The molecule has 1 heterocycles. The highest BCUT2D eigenvalue weighted by atomic mass is 32.2. The van der Waals surface area contributed by atoms with Gasteiger partial charge in [-0.3, -0.25) is 4.90 Å². The third-order valence-corrected chi connectivity index (χ3v) is 5.07. The van der Waals surface area contributed by atoms with Crippen molar-refractivity contribution in [1.29, 1.82) is 0 Å². The van der Waals surface area contributed by atoms with Crippen LogP contribution in [0.4, 0.5) is 13.2 Å². The summed E-state index contributed by atoms with van der Waals surface area (Å²) in [6.07, 6.45) is 4.16. The fourth-order valence-electron chi connectivity index (χ4n) is 2.92. The van der Waals surface area contributed by atoms with Gasteiger partial charge in [0.2, 0.25) is 0 Å². The maximum Gasteiger partial charge on any atom is 0.441 e. The quantitative estimate of drug-likeness (QED) is 0.768. The summed E-state index contributed by atoms with van der Waals surface area (Å²) in [4.78, 5) is 2.27. The summed E-state index contributed by atoms with van der Waals surface area (Å²) in [6, 6.07) is 0.375. The molecule has 1 saturated heterocycles. The van der Waals surface area contributed by atoms with Crippen molar-refractivity contribution < 1.29 is 13.2 Å². The molecular weight excluding hydrogens is 285 g/mol. The number of hydrogen-bond donors (Lipinski definition) is 1. The van der Waals surface area contributed by atoms with Crippen LogP contribution in [0.5, 0.6) is 0 Å². The Bertz CT molecular complexity index is 280. The third-order valence-electron chi connectivity index (χ3n) is 4.35. The topological polar surface area (TPSA) is 15.3 Å². The second kappa shape index (κ2) is 7.90. The predicted octanol–water partition coefficient (Wildman–Crippen LogP) is 3.87. The van der Waals surface area contributed by atoms with E-state index < -0.39 is 5.51 Å². The SMILES string of the molecule is CCCC1CNC(CC)(CC)CN1CCSC(F)(F)F. The highest BCUT2D eigenvalue weighted by Crippen LogP contribution is 2.31. The average Bonchev–Trinajstić information content (AvgIpc) is 2.39. The van der Waals surface area contributed by atoms with Gasteiger partial charge in [0, 0.05) is 37.0 Å². The minimum Gasteiger partial charge on any atom is -0.308 e. The molecule has 0 radical (unpaired) electrons. The van der Waals surface area contributed by atoms with Crippen LogP contribution in [0.2, 0.25) is 0 Å². The number of alkyl halides is 3. The number of nitrogens with one attached hydrogen (secondary N) is 1. The van der Waals surface area contributed by atoms with Crippen LogP contribution in [-0.4, -0.2) is 47.4 Å². The highest BCUT2D eigenvalue weighted by molar-refractivity contribution is 8.00. The third kappa shape index (κ3) is 5.45. The summed E-state index contributed by atoms with van der Waals surface area (Å²) in [6.45, 7) is 8.72. The zero-order valence-electron chi connectivity index (χ0n) is 12.7. The molecule has 1 aliphatic rings. The first-order valence-electron chi connectivity index (χ1n) is 7.55. The lowest BCUT2D eigenvalue weighted by Gasteiger charge is -2.47. The minimum atomic E-state index is -4.11. The van der Waals surface area contributed by atoms with Gasteiger partial charge in [-0.25, -0.2) is 0 Å². The summed E-state index contributed by atoms with van der Waals surface area (Å²) in [5.74, 6) is 0.132. The Hall–Kier alpha value is 0.0600. The minimum absolute atomic E-state index is 0.0765. The predicted molar refractivity (Wildman–Crippen MR) is 80.1 cm³/mol. The molecule has 0 aliphatic carbocycles. The lowest BCUT2D eigenvalue weighted by molar-refractivity contribution is -0.0330. The van der Waals surface area contributed by atoms with E-state index >= 15 is 0 Å². The van der Waals surface area contributed by atoms with Gasteiger partial charge in [0.15, 0.2) is 0 Å². The van der Waals surface area contributed by atoms with E-state index in [1.54, 1.807) is 0 Å². The zero-order valence-corrected chi connectivity index (χ0v) is 13.5. The zero-order chi connectivity index (χ0) is 15.2. The molecule has 1 fully saturated rings. The van der Waals surface area contributed by atoms with Crippen molar-refractivity contribution in [3.8, 4) is 0 Å². The molecule has 1 rings (SSSR count). The van der Waals surface area contributed by atoms with Crippen LogP contribution in [0.3, 0.4) is 0 Å². The van der Waals surface area contributed by atoms with E-state index in [0.29, 0.717) is 12.6 Å². The molecule has 1 atom stereocenters. The van der Waals surface area contributed by atoms with E-state index in [1.807, 2.05) is 0 Å². The lowest BCUT2D eigenvalue weighted by Crippen LogP contribution is -2.64. The van der Waals surface area contributed by atoms with Gasteiger partial charge >= 0.3 is 5.51 Å². The standard InChI is InChI=1S/C14H27F3N2S/c1-4-7-12-10-18-13(5-2,6-3)11-19(12)8-9-20-14(15,16)17/h12,18H,4-11H2,1-3H3. The maximum atomic E-state index is 12.3. The van der Waals surface area contributed by atoms with E-state index in [0.717, 1.165) is 38.8 Å². The molecule has 20 heavy (non-hydrogen) atoms. The van der Waals surface area contributed by atoms with Crippen LogP contribution in [0.1, 0.15) is 46.5 Å². The summed E-state index contributed by atoms with van der Waals surface area (Å²) in [5, 5.41) is 3.63. The Morgan fingerprint density at radius 1 is 1.25 bits per heavy atom. The summed E-state index contributed by atoms with van der Waals surface area (Å²) in [5.41, 5.74) is -4.03. The van der Waals surface area contributed by atoms with E-state index in [9.17, 15) is 13.2 Å². The van der Waals surface area contributed by atoms with Gasteiger partial charge in [-0.2, -0.15) is 13.2 Å². The molecule has 0 aromatic heterocycles. The molecule has 120 valence electrons. The van der Waals surface area contributed by atoms with Gasteiger partial charge in [-0.1, -0.05) is 27.2 Å². The summed E-state index contributed by atoms with van der Waals surface area (Å²) < 4.78 is 36.8. The van der Waals surface area contributed by atoms with Crippen LogP contribution in [-0.2, 0) is 0 Å². The van der Waals surface area contributed by atoms with Crippen LogP contribution in [0.15, 0.2) is 0 Å². The maximum absolute atomic E-state index is 12.3. The smallest absolute Gasteiger partial charge is 0.308 e. The molecule has 0 spiro atoms. The Morgan fingerprint density at radius 2 is 1.90 bits per heavy atom. The molecule has 0 bridgehead atoms. The van der Waals surface area contributed by atoms with Gasteiger partial charge in [-0.05, 0) is 31.0 Å². The number of hydrogen-bond acceptors (Lipinski definition) is 3. The van der Waals surface area contributed by atoms with Crippen molar-refractivity contribution in [3.63, 3.8) is 0 Å². The Morgan fingerprint density at radius 3 is 2.40 bits per heavy atom. The molecule has 6 heteroatoms. The lowest BCUT2D eigenvalue weighted by atomic mass is 9.88. The second-order valence-electron chi connectivity index (χ2n) is 5.58. The van der Waals surface area contributed by atoms with Crippen LogP contribution >= 0.6 is 11.8 Å². The fourth-order valence-corrected chi connectivity index (χ4v) is 3.48. The fraction of sp³-hybridized carbons (Fsp3) is 1.00. The molecule has 1 N–H and O–H groups in total. The Balaban J connectivity index is 2.59. The van der Waals surface area contributed by atoms with Crippen molar-refractivity contribution in [1.82, 2.24) is 10.2 Å². The molecule has 0 aromatic rings. The molecule has 0 saturated carbocycles. The van der Waals surface area contributed by atoms with E-state index in [4.69, 9.17) is 0 Å². The van der Waals surface area contributed by atoms with Crippen molar-refractivity contribution in [2.45, 2.75) is 63.5 Å². The first kappa shape index (κ1) is 18.1. The molecule has 1 unspecified atom stereocenters. The molecule has 0 amide bonds. The Labute approximate surface area is 124 Å². The van der Waals surface area contributed by atoms with Crippen LogP contribution in [0.25, 0.3) is 0 Å². The first-order valence-corrected chi connectivity index (χ1v) is 8.54. The van der Waals surface area contributed by atoms with Gasteiger partial charge in [0.1, 0.15) is 0 Å². The molecule has 2 nitrogen and oxygen atoms in total. The van der Waals surface area contributed by atoms with E-state index in [-0.39, 0.29) is 23.1 Å². The number of halogens is 3. The van der Waals surface area contributed by atoms with Crippen molar-refractivity contribution in [3.05, 3.63) is 0 Å². The summed E-state index contributed by atoms with van der Waals surface area (Å²) in [7, 11) is 0. The molecule has 1 aliphatic heterocycles. The van der Waals surface area contributed by atoms with Crippen LogP contribution < -0.4 is 5.32 Å². The average molecular weight is 312 g/mol. The molecular formula is C14H27F3N2S. The monoisotopic (exact) mass is 312 g/mol. The van der Waals surface area contributed by atoms with Crippen LogP contribution in [0, 0.1) is 0 Å².